The van der Waals surface area contributed by atoms with E-state index >= 15 is 0 Å². The fourth-order valence-electron chi connectivity index (χ4n) is 0.732. The van der Waals surface area contributed by atoms with E-state index in [1.54, 1.807) is 19.5 Å². The van der Waals surface area contributed by atoms with Crippen LogP contribution in [-0.4, -0.2) is 30.2 Å². The molecular formula is C7H12N4O. The molecule has 12 heavy (non-hydrogen) atoms. The van der Waals surface area contributed by atoms with Crippen LogP contribution in [0.2, 0.25) is 0 Å². The Labute approximate surface area is 71.0 Å². The van der Waals surface area contributed by atoms with Gasteiger partial charge in [0.25, 0.3) is 0 Å². The largest absolute Gasteiger partial charge is 0.480 e. The molecular weight excluding hydrogens is 156 g/mol. The molecule has 0 atom stereocenters. The number of rotatable bonds is 4. The second kappa shape index (κ2) is 4.50. The summed E-state index contributed by atoms with van der Waals surface area (Å²) < 4.78 is 4.89. The summed E-state index contributed by atoms with van der Waals surface area (Å²) in [6.45, 7) is 1.25. The van der Waals surface area contributed by atoms with Gasteiger partial charge >= 0.3 is 0 Å². The van der Waals surface area contributed by atoms with Crippen LogP contribution in [0.4, 0.5) is 5.82 Å². The molecule has 0 spiro atoms. The Morgan fingerprint density at radius 3 is 3.08 bits per heavy atom. The van der Waals surface area contributed by atoms with Crippen LogP contribution < -0.4 is 15.8 Å². The number of hydrogen-bond acceptors (Lipinski definition) is 5. The molecule has 0 unspecified atom stereocenters. The maximum absolute atomic E-state index is 5.30. The first kappa shape index (κ1) is 8.73. The van der Waals surface area contributed by atoms with Crippen molar-refractivity contribution in [2.24, 2.45) is 5.73 Å². The van der Waals surface area contributed by atoms with E-state index in [9.17, 15) is 0 Å². The van der Waals surface area contributed by atoms with Gasteiger partial charge in [-0.25, -0.2) is 0 Å². The third-order valence-electron chi connectivity index (χ3n) is 1.27. The molecule has 5 nitrogen and oxygen atoms in total. The molecule has 0 saturated carbocycles. The lowest BCUT2D eigenvalue weighted by molar-refractivity contribution is 0.396. The average molecular weight is 168 g/mol. The smallest absolute Gasteiger partial charge is 0.233 e. The maximum Gasteiger partial charge on any atom is 0.233 e. The van der Waals surface area contributed by atoms with Crippen molar-refractivity contribution in [2.75, 3.05) is 25.5 Å². The summed E-state index contributed by atoms with van der Waals surface area (Å²) in [6, 6.07) is 0. The van der Waals surface area contributed by atoms with E-state index in [0.717, 1.165) is 0 Å². The number of anilines is 1. The molecule has 1 heterocycles. The van der Waals surface area contributed by atoms with Crippen molar-refractivity contribution in [1.29, 1.82) is 0 Å². The SMILES string of the molecule is COc1cncc(NCCN)n1. The number of nitrogens with one attached hydrogen (secondary N) is 1. The molecule has 5 heteroatoms. The van der Waals surface area contributed by atoms with Gasteiger partial charge in [-0.2, -0.15) is 4.98 Å². The predicted octanol–water partition coefficient (Wildman–Crippen LogP) is -0.144. The van der Waals surface area contributed by atoms with Crippen molar-refractivity contribution in [3.8, 4) is 5.88 Å². The van der Waals surface area contributed by atoms with E-state index in [1.807, 2.05) is 0 Å². The zero-order valence-corrected chi connectivity index (χ0v) is 6.95. The lowest BCUT2D eigenvalue weighted by atomic mass is 10.6. The molecule has 66 valence electrons. The summed E-state index contributed by atoms with van der Waals surface area (Å²) in [4.78, 5) is 7.99. The highest BCUT2D eigenvalue weighted by molar-refractivity contribution is 5.32. The van der Waals surface area contributed by atoms with Crippen molar-refractivity contribution in [2.45, 2.75) is 0 Å². The van der Waals surface area contributed by atoms with Crippen molar-refractivity contribution >= 4 is 5.82 Å². The van der Waals surface area contributed by atoms with Crippen LogP contribution in [0, 0.1) is 0 Å². The Kier molecular flexibility index (Phi) is 3.28. The standard InChI is InChI=1S/C7H12N4O/c1-12-7-5-9-4-6(11-7)10-3-2-8/h4-5H,2-3,8H2,1H3,(H,10,11). The van der Waals surface area contributed by atoms with Crippen LogP contribution in [0.25, 0.3) is 0 Å². The van der Waals surface area contributed by atoms with Gasteiger partial charge < -0.3 is 15.8 Å². The number of nitrogens with zero attached hydrogens (tertiary/aromatic N) is 2. The summed E-state index contributed by atoms with van der Waals surface area (Å²) in [5, 5.41) is 2.99. The van der Waals surface area contributed by atoms with Gasteiger partial charge in [-0.1, -0.05) is 0 Å². The van der Waals surface area contributed by atoms with Crippen LogP contribution in [0.15, 0.2) is 12.4 Å². The lowest BCUT2D eigenvalue weighted by Crippen LogP contribution is -2.14. The van der Waals surface area contributed by atoms with E-state index in [1.165, 1.54) is 0 Å². The van der Waals surface area contributed by atoms with Gasteiger partial charge in [-0.3, -0.25) is 4.98 Å². The number of nitrogens with two attached hydrogens (primary N) is 1. The first-order valence-electron chi connectivity index (χ1n) is 3.67. The van der Waals surface area contributed by atoms with E-state index in [2.05, 4.69) is 15.3 Å². The molecule has 1 rings (SSSR count). The van der Waals surface area contributed by atoms with Gasteiger partial charge in [0, 0.05) is 13.1 Å². The second-order valence-electron chi connectivity index (χ2n) is 2.16. The first-order chi connectivity index (χ1) is 5.86. The normalized spacial score (nSPS) is 9.50. The lowest BCUT2D eigenvalue weighted by Gasteiger charge is -2.03. The Morgan fingerprint density at radius 1 is 1.58 bits per heavy atom. The molecule has 0 aliphatic heterocycles. The van der Waals surface area contributed by atoms with Gasteiger partial charge in [-0.15, -0.1) is 0 Å². The molecule has 0 bridgehead atoms. The fraction of sp³-hybridized carbons (Fsp3) is 0.429. The van der Waals surface area contributed by atoms with Gasteiger partial charge in [0.05, 0.1) is 19.5 Å². The molecule has 3 N–H and O–H groups in total. The van der Waals surface area contributed by atoms with Crippen molar-refractivity contribution in [1.82, 2.24) is 9.97 Å². The highest BCUT2D eigenvalue weighted by atomic mass is 16.5. The monoisotopic (exact) mass is 168 g/mol. The number of hydrogen-bond donors (Lipinski definition) is 2. The molecule has 1 aromatic heterocycles. The maximum atomic E-state index is 5.30. The van der Waals surface area contributed by atoms with Crippen LogP contribution in [0.3, 0.4) is 0 Å². The zero-order valence-electron chi connectivity index (χ0n) is 6.95. The minimum Gasteiger partial charge on any atom is -0.480 e. The Balaban J connectivity index is 2.60. The fourth-order valence-corrected chi connectivity index (χ4v) is 0.732. The Bertz CT molecular complexity index is 241. The summed E-state index contributed by atoms with van der Waals surface area (Å²) >= 11 is 0. The van der Waals surface area contributed by atoms with Crippen LogP contribution in [-0.2, 0) is 0 Å². The summed E-state index contributed by atoms with van der Waals surface area (Å²) in [6.07, 6.45) is 3.17. The van der Waals surface area contributed by atoms with Gasteiger partial charge in [0.15, 0.2) is 0 Å². The molecule has 0 aliphatic rings. The van der Waals surface area contributed by atoms with Crippen molar-refractivity contribution < 1.29 is 4.74 Å². The molecule has 1 aromatic rings. The van der Waals surface area contributed by atoms with E-state index in [0.29, 0.717) is 24.8 Å². The number of ether oxygens (including phenoxy) is 1. The van der Waals surface area contributed by atoms with Crippen LogP contribution in [0.1, 0.15) is 0 Å². The van der Waals surface area contributed by atoms with E-state index in [4.69, 9.17) is 10.5 Å². The van der Waals surface area contributed by atoms with E-state index in [-0.39, 0.29) is 0 Å². The second-order valence-corrected chi connectivity index (χ2v) is 2.16. The molecule has 0 amide bonds. The summed E-state index contributed by atoms with van der Waals surface area (Å²) in [5.41, 5.74) is 5.30. The Morgan fingerprint density at radius 2 is 2.42 bits per heavy atom. The quantitative estimate of drug-likeness (QED) is 0.654. The topological polar surface area (TPSA) is 73.1 Å². The third kappa shape index (κ3) is 2.35. The van der Waals surface area contributed by atoms with E-state index < -0.39 is 0 Å². The van der Waals surface area contributed by atoms with Crippen LogP contribution >= 0.6 is 0 Å². The molecule has 0 aromatic carbocycles. The highest BCUT2D eigenvalue weighted by Gasteiger charge is 1.95. The number of methoxy groups -OCH3 is 1. The molecule has 0 radical (unpaired) electrons. The summed E-state index contributed by atoms with van der Waals surface area (Å²) in [5.74, 6) is 1.18. The summed E-state index contributed by atoms with van der Waals surface area (Å²) in [7, 11) is 1.55. The van der Waals surface area contributed by atoms with Gasteiger partial charge in [-0.05, 0) is 0 Å². The van der Waals surface area contributed by atoms with Gasteiger partial charge in [0.2, 0.25) is 5.88 Å². The molecule has 0 fully saturated rings. The van der Waals surface area contributed by atoms with Crippen LogP contribution in [0.5, 0.6) is 5.88 Å². The van der Waals surface area contributed by atoms with Crippen molar-refractivity contribution in [3.63, 3.8) is 0 Å². The first-order valence-corrected chi connectivity index (χ1v) is 3.67. The zero-order chi connectivity index (χ0) is 8.81. The van der Waals surface area contributed by atoms with Crippen molar-refractivity contribution in [3.05, 3.63) is 12.4 Å². The predicted molar refractivity (Wildman–Crippen MR) is 46.1 cm³/mol. The minimum atomic E-state index is 0.497. The Hall–Kier alpha value is -1.36. The minimum absolute atomic E-state index is 0.497. The molecule has 0 saturated heterocycles. The third-order valence-corrected chi connectivity index (χ3v) is 1.27. The average Bonchev–Trinajstić information content (AvgIpc) is 2.15. The molecule has 0 aliphatic carbocycles. The highest BCUT2D eigenvalue weighted by Crippen LogP contribution is 2.06. The van der Waals surface area contributed by atoms with Gasteiger partial charge in [0.1, 0.15) is 5.82 Å². The number of aromatic nitrogens is 2.